The number of fused-ring (bicyclic) bond motifs is 1. The Hall–Kier alpha value is -2.19. The van der Waals surface area contributed by atoms with E-state index in [4.69, 9.17) is 11.0 Å². The van der Waals surface area contributed by atoms with Crippen molar-refractivity contribution < 1.29 is 4.39 Å². The molecule has 2 aromatic rings. The minimum Gasteiger partial charge on any atom is -0.399 e. The predicted octanol–water partition coefficient (Wildman–Crippen LogP) is 3.39. The van der Waals surface area contributed by atoms with Crippen molar-refractivity contribution >= 4 is 23.1 Å². The Morgan fingerprint density at radius 2 is 2.14 bits per heavy atom. The van der Waals surface area contributed by atoms with E-state index in [0.717, 1.165) is 18.0 Å². The molecule has 3 nitrogen and oxygen atoms in total. The van der Waals surface area contributed by atoms with Crippen LogP contribution in [0, 0.1) is 17.1 Å². The monoisotopic (exact) mass is 299 g/mol. The fourth-order valence-electron chi connectivity index (χ4n) is 2.40. The average Bonchev–Trinajstić information content (AvgIpc) is 2.49. The minimum atomic E-state index is -0.335. The lowest BCUT2D eigenvalue weighted by atomic mass is 10.1. The fraction of sp³-hybridized carbons (Fsp3) is 0.188. The van der Waals surface area contributed by atoms with Crippen LogP contribution in [0.4, 0.5) is 15.8 Å². The summed E-state index contributed by atoms with van der Waals surface area (Å²) in [5, 5.41) is 8.79. The van der Waals surface area contributed by atoms with Crippen LogP contribution in [0.15, 0.2) is 41.3 Å². The van der Waals surface area contributed by atoms with Crippen LogP contribution in [0.1, 0.15) is 11.1 Å². The molecule has 0 aliphatic carbocycles. The zero-order valence-corrected chi connectivity index (χ0v) is 12.2. The summed E-state index contributed by atoms with van der Waals surface area (Å²) in [6, 6.07) is 12.4. The second-order valence-corrected chi connectivity index (χ2v) is 6.05. The fourth-order valence-corrected chi connectivity index (χ4v) is 3.44. The lowest BCUT2D eigenvalue weighted by Crippen LogP contribution is -2.29. The third-order valence-electron chi connectivity index (χ3n) is 3.49. The Bertz CT molecular complexity index is 724. The van der Waals surface area contributed by atoms with Gasteiger partial charge in [0, 0.05) is 35.0 Å². The van der Waals surface area contributed by atoms with E-state index in [0.29, 0.717) is 23.4 Å². The zero-order chi connectivity index (χ0) is 14.8. The Morgan fingerprint density at radius 3 is 2.90 bits per heavy atom. The highest BCUT2D eigenvalue weighted by Gasteiger charge is 2.19. The summed E-state index contributed by atoms with van der Waals surface area (Å²) in [7, 11) is 0. The molecule has 0 spiro atoms. The molecule has 0 bridgehead atoms. The van der Waals surface area contributed by atoms with Crippen LogP contribution in [-0.2, 0) is 6.54 Å². The van der Waals surface area contributed by atoms with E-state index < -0.39 is 0 Å². The molecule has 0 amide bonds. The molecule has 0 saturated heterocycles. The molecule has 0 saturated carbocycles. The predicted molar refractivity (Wildman–Crippen MR) is 83.7 cm³/mol. The molecule has 106 valence electrons. The van der Waals surface area contributed by atoms with Gasteiger partial charge in [0.15, 0.2) is 0 Å². The number of rotatable bonds is 2. The Balaban J connectivity index is 1.90. The third kappa shape index (κ3) is 2.81. The molecule has 0 unspecified atom stereocenters. The second kappa shape index (κ2) is 5.66. The van der Waals surface area contributed by atoms with E-state index in [1.165, 1.54) is 11.0 Å². The molecule has 5 heteroatoms. The molecule has 0 radical (unpaired) electrons. The molecule has 3 rings (SSSR count). The van der Waals surface area contributed by atoms with Crippen LogP contribution in [-0.4, -0.2) is 12.3 Å². The summed E-state index contributed by atoms with van der Waals surface area (Å²) in [6.45, 7) is 1.33. The second-order valence-electron chi connectivity index (χ2n) is 4.92. The number of thioether (sulfide) groups is 1. The normalized spacial score (nSPS) is 13.6. The van der Waals surface area contributed by atoms with E-state index in [1.807, 2.05) is 24.3 Å². The van der Waals surface area contributed by atoms with Gasteiger partial charge in [-0.2, -0.15) is 5.26 Å². The molecule has 2 N–H and O–H groups in total. The summed E-state index contributed by atoms with van der Waals surface area (Å²) < 4.78 is 14.0. The first-order valence-corrected chi connectivity index (χ1v) is 7.62. The molecule has 1 aliphatic rings. The van der Waals surface area contributed by atoms with E-state index in [9.17, 15) is 4.39 Å². The van der Waals surface area contributed by atoms with Crippen molar-refractivity contribution in [3.05, 3.63) is 53.3 Å². The lowest BCUT2D eigenvalue weighted by molar-refractivity contribution is 0.604. The van der Waals surface area contributed by atoms with Gasteiger partial charge in [-0.25, -0.2) is 4.39 Å². The molecule has 1 aliphatic heterocycles. The van der Waals surface area contributed by atoms with Gasteiger partial charge in [-0.15, -0.1) is 11.8 Å². The molecule has 0 aromatic heterocycles. The van der Waals surface area contributed by atoms with Gasteiger partial charge in [0.05, 0.1) is 17.3 Å². The smallest absolute Gasteiger partial charge is 0.129 e. The van der Waals surface area contributed by atoms with Crippen molar-refractivity contribution in [1.29, 1.82) is 5.26 Å². The summed E-state index contributed by atoms with van der Waals surface area (Å²) in [5.74, 6) is 0.632. The third-order valence-corrected chi connectivity index (χ3v) is 4.53. The Kier molecular flexibility index (Phi) is 3.72. The highest BCUT2D eigenvalue weighted by atomic mass is 32.2. The van der Waals surface area contributed by atoms with Gasteiger partial charge in [0.25, 0.3) is 0 Å². The van der Waals surface area contributed by atoms with Crippen LogP contribution in [0.3, 0.4) is 0 Å². The van der Waals surface area contributed by atoms with E-state index in [-0.39, 0.29) is 5.82 Å². The van der Waals surface area contributed by atoms with Gasteiger partial charge >= 0.3 is 0 Å². The molecule has 2 aromatic carbocycles. The van der Waals surface area contributed by atoms with Gasteiger partial charge in [0.2, 0.25) is 0 Å². The first-order valence-electron chi connectivity index (χ1n) is 6.63. The number of nitrogens with two attached hydrogens (primary N) is 1. The van der Waals surface area contributed by atoms with Crippen LogP contribution in [0.5, 0.6) is 0 Å². The molecule has 0 fully saturated rings. The number of anilines is 2. The van der Waals surface area contributed by atoms with Crippen molar-refractivity contribution in [3.63, 3.8) is 0 Å². The van der Waals surface area contributed by atoms with Crippen molar-refractivity contribution in [2.45, 2.75) is 11.4 Å². The summed E-state index contributed by atoms with van der Waals surface area (Å²) in [5.41, 5.74) is 8.55. The number of nitrogens with zero attached hydrogens (tertiary/aromatic N) is 2. The maximum Gasteiger partial charge on any atom is 0.129 e. The maximum absolute atomic E-state index is 14.0. The number of nitriles is 1. The molecule has 0 atom stereocenters. The molecular weight excluding hydrogens is 285 g/mol. The number of benzene rings is 2. The first-order chi connectivity index (χ1) is 10.2. The summed E-state index contributed by atoms with van der Waals surface area (Å²) >= 11 is 1.79. The Labute approximate surface area is 127 Å². The average molecular weight is 299 g/mol. The Morgan fingerprint density at radius 1 is 1.29 bits per heavy atom. The highest BCUT2D eigenvalue weighted by molar-refractivity contribution is 7.99. The first kappa shape index (κ1) is 13.8. The van der Waals surface area contributed by atoms with Gasteiger partial charge in [-0.05, 0) is 30.3 Å². The topological polar surface area (TPSA) is 53.0 Å². The molecule has 21 heavy (non-hydrogen) atoms. The number of hydrogen-bond donors (Lipinski definition) is 1. The zero-order valence-electron chi connectivity index (χ0n) is 11.3. The number of halogens is 1. The highest BCUT2D eigenvalue weighted by Crippen LogP contribution is 2.36. The van der Waals surface area contributed by atoms with Crippen molar-refractivity contribution in [2.75, 3.05) is 22.9 Å². The number of hydrogen-bond acceptors (Lipinski definition) is 4. The van der Waals surface area contributed by atoms with Crippen LogP contribution >= 0.6 is 11.8 Å². The molecule has 1 heterocycles. The largest absolute Gasteiger partial charge is 0.399 e. The maximum atomic E-state index is 14.0. The van der Waals surface area contributed by atoms with Gasteiger partial charge in [-0.3, -0.25) is 0 Å². The number of nitrogen functional groups attached to an aromatic ring is 1. The van der Waals surface area contributed by atoms with Crippen molar-refractivity contribution in [1.82, 2.24) is 0 Å². The summed E-state index contributed by atoms with van der Waals surface area (Å²) in [4.78, 5) is 3.30. The van der Waals surface area contributed by atoms with Crippen LogP contribution in [0.25, 0.3) is 0 Å². The van der Waals surface area contributed by atoms with E-state index in [1.54, 1.807) is 23.9 Å². The van der Waals surface area contributed by atoms with Crippen LogP contribution in [0.2, 0.25) is 0 Å². The summed E-state index contributed by atoms with van der Waals surface area (Å²) in [6.07, 6.45) is 0. The minimum absolute atomic E-state index is 0.335. The van der Waals surface area contributed by atoms with Gasteiger partial charge < -0.3 is 10.6 Å². The van der Waals surface area contributed by atoms with Crippen LogP contribution < -0.4 is 10.6 Å². The standard InChI is InChI=1S/C16H14FN3S/c17-14-7-11(9-18)1-2-12(14)10-20-5-6-21-16-4-3-13(19)8-15(16)20/h1-4,7-8H,5-6,10,19H2. The molecular formula is C16H14FN3S. The van der Waals surface area contributed by atoms with E-state index in [2.05, 4.69) is 4.90 Å². The van der Waals surface area contributed by atoms with E-state index >= 15 is 0 Å². The quantitative estimate of drug-likeness (QED) is 0.864. The van der Waals surface area contributed by atoms with Gasteiger partial charge in [0.1, 0.15) is 5.82 Å². The van der Waals surface area contributed by atoms with Crippen molar-refractivity contribution in [2.24, 2.45) is 0 Å². The van der Waals surface area contributed by atoms with Crippen molar-refractivity contribution in [3.8, 4) is 6.07 Å². The lowest BCUT2D eigenvalue weighted by Gasteiger charge is -2.31. The van der Waals surface area contributed by atoms with Gasteiger partial charge in [-0.1, -0.05) is 6.07 Å². The SMILES string of the molecule is N#Cc1ccc(CN2CCSc3ccc(N)cc32)c(F)c1.